The molecule has 0 bridgehead atoms. The fourth-order valence-electron chi connectivity index (χ4n) is 1.26. The van der Waals surface area contributed by atoms with E-state index in [0.29, 0.717) is 0 Å². The lowest BCUT2D eigenvalue weighted by Crippen LogP contribution is -2.00. The van der Waals surface area contributed by atoms with Crippen LogP contribution in [0, 0.1) is 0 Å². The number of hydrogen-bond acceptors (Lipinski definition) is 1. The number of nitrogens with zero attached hydrogens (tertiary/aromatic N) is 1. The summed E-state index contributed by atoms with van der Waals surface area (Å²) < 4.78 is 0. The molecule has 0 aliphatic rings. The van der Waals surface area contributed by atoms with E-state index in [9.17, 15) is 0 Å². The summed E-state index contributed by atoms with van der Waals surface area (Å²) in [4.78, 5) is 4.24. The minimum Gasteiger partial charge on any atom is -0.257 e. The third-order valence-electron chi connectivity index (χ3n) is 1.97. The van der Waals surface area contributed by atoms with Crippen LogP contribution in [0.5, 0.6) is 0 Å². The second-order valence-corrected chi connectivity index (χ2v) is 3.19. The van der Waals surface area contributed by atoms with Crippen molar-refractivity contribution in [1.82, 2.24) is 0 Å². The summed E-state index contributed by atoms with van der Waals surface area (Å²) in [5.74, 6) is 0. The Hall–Kier alpha value is -2.15. The van der Waals surface area contributed by atoms with Crippen LogP contribution in [0.3, 0.4) is 0 Å². The highest BCUT2D eigenvalue weighted by molar-refractivity contribution is 6.11. The zero-order valence-corrected chi connectivity index (χ0v) is 10.4. The van der Waals surface area contributed by atoms with Crippen LogP contribution in [0.1, 0.15) is 6.92 Å². The van der Waals surface area contributed by atoms with Crippen molar-refractivity contribution in [3.8, 4) is 0 Å². The molecule has 0 heterocycles. The van der Waals surface area contributed by atoms with Crippen molar-refractivity contribution in [2.75, 3.05) is 0 Å². The van der Waals surface area contributed by atoms with Gasteiger partial charge in [0.2, 0.25) is 0 Å². The van der Waals surface area contributed by atoms with Gasteiger partial charge >= 0.3 is 0 Å². The molecule has 0 aromatic carbocycles. The van der Waals surface area contributed by atoms with Crippen LogP contribution in [-0.2, 0) is 0 Å². The summed E-state index contributed by atoms with van der Waals surface area (Å²) in [7, 11) is 0. The first-order chi connectivity index (χ1) is 8.21. The van der Waals surface area contributed by atoms with E-state index in [1.54, 1.807) is 18.2 Å². The van der Waals surface area contributed by atoms with Crippen LogP contribution in [0.15, 0.2) is 91.2 Å². The first kappa shape index (κ1) is 14.8. The molecule has 0 aliphatic heterocycles. The molecule has 0 radical (unpaired) electrons. The van der Waals surface area contributed by atoms with Crippen LogP contribution in [0.4, 0.5) is 0 Å². The van der Waals surface area contributed by atoms with E-state index < -0.39 is 0 Å². The summed E-state index contributed by atoms with van der Waals surface area (Å²) in [5, 5.41) is 0. The van der Waals surface area contributed by atoms with Crippen molar-refractivity contribution < 1.29 is 0 Å². The molecule has 88 valence electrons. The molecule has 0 unspecified atom stereocenters. The Balaban J connectivity index is 5.55. The molecule has 0 saturated carbocycles. The van der Waals surface area contributed by atoms with Crippen molar-refractivity contribution in [2.45, 2.75) is 6.92 Å². The molecule has 0 N–H and O–H groups in total. The zero-order chi connectivity index (χ0) is 13.1. The van der Waals surface area contributed by atoms with E-state index in [2.05, 4.69) is 31.3 Å². The van der Waals surface area contributed by atoms with Gasteiger partial charge in [-0.2, -0.15) is 0 Å². The van der Waals surface area contributed by atoms with Crippen LogP contribution < -0.4 is 0 Å². The zero-order valence-electron chi connectivity index (χ0n) is 10.4. The number of allylic oxidation sites excluding steroid dienone is 9. The van der Waals surface area contributed by atoms with Crippen molar-refractivity contribution in [3.05, 3.63) is 86.2 Å². The third kappa shape index (κ3) is 5.47. The van der Waals surface area contributed by atoms with E-state index in [4.69, 9.17) is 0 Å². The topological polar surface area (TPSA) is 12.4 Å². The van der Waals surface area contributed by atoms with Gasteiger partial charge in [0.25, 0.3) is 0 Å². The standard InChI is InChI=1S/C16H19N/c1-6-10-13-16(17-9-4)15(12-8-3)14(5)11-7-2/h6-13H,1-4H2,5H3/b13-10-,14-11-,15-12+,17-16+. The van der Waals surface area contributed by atoms with Gasteiger partial charge in [-0.05, 0) is 18.6 Å². The predicted octanol–water partition coefficient (Wildman–Crippen LogP) is 4.56. The van der Waals surface area contributed by atoms with E-state index in [-0.39, 0.29) is 0 Å². The second-order valence-electron chi connectivity index (χ2n) is 3.19. The first-order valence-corrected chi connectivity index (χ1v) is 5.31. The van der Waals surface area contributed by atoms with Gasteiger partial charge in [0.15, 0.2) is 0 Å². The van der Waals surface area contributed by atoms with Gasteiger partial charge in [0.05, 0.1) is 5.71 Å². The number of hydrogen-bond donors (Lipinski definition) is 0. The van der Waals surface area contributed by atoms with E-state index in [1.165, 1.54) is 6.20 Å². The fraction of sp³-hybridized carbons (Fsp3) is 0.0625. The van der Waals surface area contributed by atoms with Crippen molar-refractivity contribution in [3.63, 3.8) is 0 Å². The molecular formula is C16H19N. The molecule has 0 rings (SSSR count). The summed E-state index contributed by atoms with van der Waals surface area (Å²) >= 11 is 0. The van der Waals surface area contributed by atoms with Gasteiger partial charge in [-0.25, -0.2) is 0 Å². The van der Waals surface area contributed by atoms with Gasteiger partial charge in [-0.1, -0.05) is 62.8 Å². The predicted molar refractivity (Wildman–Crippen MR) is 79.2 cm³/mol. The average molecular weight is 225 g/mol. The highest BCUT2D eigenvalue weighted by atomic mass is 14.7. The molecule has 0 spiro atoms. The highest BCUT2D eigenvalue weighted by Crippen LogP contribution is 2.13. The molecule has 17 heavy (non-hydrogen) atoms. The Labute approximate surface area is 104 Å². The average Bonchev–Trinajstić information content (AvgIpc) is 2.32. The third-order valence-corrected chi connectivity index (χ3v) is 1.97. The molecule has 1 nitrogen and oxygen atoms in total. The maximum atomic E-state index is 4.24. The largest absolute Gasteiger partial charge is 0.257 e. The molecular weight excluding hydrogens is 206 g/mol. The lowest BCUT2D eigenvalue weighted by molar-refractivity contribution is 1.44. The maximum Gasteiger partial charge on any atom is 0.0704 e. The van der Waals surface area contributed by atoms with Crippen LogP contribution in [0.25, 0.3) is 0 Å². The van der Waals surface area contributed by atoms with Gasteiger partial charge in [-0.3, -0.25) is 4.99 Å². The van der Waals surface area contributed by atoms with Crippen LogP contribution >= 0.6 is 0 Å². The summed E-state index contributed by atoms with van der Waals surface area (Å²) in [6, 6.07) is 0. The van der Waals surface area contributed by atoms with Crippen LogP contribution in [0.2, 0.25) is 0 Å². The molecule has 0 aromatic heterocycles. The Kier molecular flexibility index (Phi) is 7.95. The van der Waals surface area contributed by atoms with Gasteiger partial charge < -0.3 is 0 Å². The minimum atomic E-state index is 0.815. The van der Waals surface area contributed by atoms with E-state index in [1.807, 2.05) is 31.2 Å². The SMILES string of the molecule is C=C\C=C/C(=N\C=C)C(=C/C=C)/C(C)=C\C=C. The Morgan fingerprint density at radius 3 is 2.06 bits per heavy atom. The molecule has 0 amide bonds. The first-order valence-electron chi connectivity index (χ1n) is 5.31. The summed E-state index contributed by atoms with van der Waals surface area (Å²) in [6.45, 7) is 16.7. The molecule has 0 aliphatic carbocycles. The van der Waals surface area contributed by atoms with Gasteiger partial charge in [-0.15, -0.1) is 0 Å². The molecule has 0 saturated heterocycles. The van der Waals surface area contributed by atoms with Gasteiger partial charge in [0, 0.05) is 11.8 Å². The molecule has 0 fully saturated rings. The summed E-state index contributed by atoms with van der Waals surface area (Å²) in [6.07, 6.45) is 14.2. The van der Waals surface area contributed by atoms with Crippen molar-refractivity contribution >= 4 is 5.71 Å². The fourth-order valence-corrected chi connectivity index (χ4v) is 1.26. The highest BCUT2D eigenvalue weighted by Gasteiger charge is 2.04. The molecule has 0 aromatic rings. The molecule has 1 heteroatoms. The molecule has 0 atom stereocenters. The lowest BCUT2D eigenvalue weighted by atomic mass is 10.0. The van der Waals surface area contributed by atoms with E-state index >= 15 is 0 Å². The Morgan fingerprint density at radius 1 is 0.941 bits per heavy atom. The summed E-state index contributed by atoms with van der Waals surface area (Å²) in [5.41, 5.74) is 2.86. The smallest absolute Gasteiger partial charge is 0.0704 e. The lowest BCUT2D eigenvalue weighted by Gasteiger charge is -2.06. The van der Waals surface area contributed by atoms with Crippen molar-refractivity contribution in [1.29, 1.82) is 0 Å². The Morgan fingerprint density at radius 2 is 1.59 bits per heavy atom. The quantitative estimate of drug-likeness (QED) is 0.445. The number of rotatable bonds is 7. The maximum absolute atomic E-state index is 4.24. The second kappa shape index (κ2) is 9.10. The minimum absolute atomic E-state index is 0.815. The van der Waals surface area contributed by atoms with Crippen LogP contribution in [-0.4, -0.2) is 5.71 Å². The Bertz CT molecular complexity index is 415. The van der Waals surface area contributed by atoms with Gasteiger partial charge in [0.1, 0.15) is 0 Å². The van der Waals surface area contributed by atoms with E-state index in [0.717, 1.165) is 16.9 Å². The normalized spacial score (nSPS) is 13.6. The monoisotopic (exact) mass is 225 g/mol. The van der Waals surface area contributed by atoms with Crippen molar-refractivity contribution in [2.24, 2.45) is 4.99 Å². The number of aliphatic imine (C=N–C) groups is 1.